The lowest BCUT2D eigenvalue weighted by Gasteiger charge is -2.16. The second kappa shape index (κ2) is 5.73. The largest absolute Gasteiger partial charge is 0.388 e. The summed E-state index contributed by atoms with van der Waals surface area (Å²) in [4.78, 5) is 2.10. The highest BCUT2D eigenvalue weighted by molar-refractivity contribution is 6.31. The molecule has 1 aromatic rings. The van der Waals surface area contributed by atoms with E-state index in [1.807, 2.05) is 31.3 Å². The van der Waals surface area contributed by atoms with E-state index in [1.54, 1.807) is 0 Å². The highest BCUT2D eigenvalue weighted by atomic mass is 35.5. The predicted molar refractivity (Wildman–Crippen MR) is 64.3 cm³/mol. The Kier molecular flexibility index (Phi) is 4.59. The molecule has 0 aromatic heterocycles. The number of halogens is 1. The van der Waals surface area contributed by atoms with Gasteiger partial charge in [-0.05, 0) is 18.7 Å². The van der Waals surface area contributed by atoms with Crippen LogP contribution in [0.5, 0.6) is 0 Å². The third kappa shape index (κ3) is 4.32. The molecule has 0 aliphatic carbocycles. The van der Waals surface area contributed by atoms with Gasteiger partial charge < -0.3 is 10.6 Å². The normalized spacial score (nSPS) is 10.6. The maximum absolute atomic E-state index is 7.13. The SMILES string of the molecule is CN(CCC(=N)N)Cc1ccccc1Cl. The van der Waals surface area contributed by atoms with Crippen LogP contribution in [0.15, 0.2) is 24.3 Å². The van der Waals surface area contributed by atoms with Gasteiger partial charge in [-0.3, -0.25) is 5.41 Å². The van der Waals surface area contributed by atoms with Crippen LogP contribution >= 0.6 is 11.6 Å². The van der Waals surface area contributed by atoms with Gasteiger partial charge in [0.1, 0.15) is 0 Å². The molecule has 0 amide bonds. The molecule has 82 valence electrons. The number of nitrogens with one attached hydrogen (secondary N) is 1. The van der Waals surface area contributed by atoms with Crippen molar-refractivity contribution in [3.05, 3.63) is 34.9 Å². The quantitative estimate of drug-likeness (QED) is 0.596. The molecule has 0 radical (unpaired) electrons. The van der Waals surface area contributed by atoms with Crippen LogP contribution in [0.25, 0.3) is 0 Å². The van der Waals surface area contributed by atoms with Crippen molar-refractivity contribution in [1.29, 1.82) is 5.41 Å². The van der Waals surface area contributed by atoms with Gasteiger partial charge in [0.05, 0.1) is 5.84 Å². The summed E-state index contributed by atoms with van der Waals surface area (Å²) in [5, 5.41) is 7.92. The van der Waals surface area contributed by atoms with Crippen LogP contribution in [0.1, 0.15) is 12.0 Å². The molecule has 0 saturated carbocycles. The number of hydrogen-bond donors (Lipinski definition) is 2. The van der Waals surface area contributed by atoms with E-state index >= 15 is 0 Å². The van der Waals surface area contributed by atoms with Gasteiger partial charge in [0.2, 0.25) is 0 Å². The molecule has 0 bridgehead atoms. The Morgan fingerprint density at radius 3 is 2.73 bits per heavy atom. The number of nitrogens with two attached hydrogens (primary N) is 1. The second-order valence-corrected chi connectivity index (χ2v) is 4.01. The molecule has 0 unspecified atom stereocenters. The molecule has 0 spiro atoms. The molecule has 0 heterocycles. The zero-order chi connectivity index (χ0) is 11.3. The van der Waals surface area contributed by atoms with Crippen LogP contribution in [0.3, 0.4) is 0 Å². The first-order valence-corrected chi connectivity index (χ1v) is 5.22. The van der Waals surface area contributed by atoms with E-state index in [1.165, 1.54) is 0 Å². The first kappa shape index (κ1) is 12.0. The molecule has 3 nitrogen and oxygen atoms in total. The average Bonchev–Trinajstić information content (AvgIpc) is 2.18. The van der Waals surface area contributed by atoms with Crippen LogP contribution in [0.2, 0.25) is 5.02 Å². The van der Waals surface area contributed by atoms with Crippen LogP contribution in [-0.4, -0.2) is 24.3 Å². The summed E-state index contributed by atoms with van der Waals surface area (Å²) in [5.74, 6) is 0.223. The van der Waals surface area contributed by atoms with Crippen molar-refractivity contribution < 1.29 is 0 Å². The smallest absolute Gasteiger partial charge is 0.0918 e. The number of nitrogens with zero attached hydrogens (tertiary/aromatic N) is 1. The molecule has 0 fully saturated rings. The number of amidine groups is 1. The van der Waals surface area contributed by atoms with Crippen LogP contribution < -0.4 is 5.73 Å². The highest BCUT2D eigenvalue weighted by Crippen LogP contribution is 2.16. The summed E-state index contributed by atoms with van der Waals surface area (Å²) in [5.41, 5.74) is 6.40. The van der Waals surface area contributed by atoms with Gasteiger partial charge in [-0.15, -0.1) is 0 Å². The van der Waals surface area contributed by atoms with Gasteiger partial charge >= 0.3 is 0 Å². The zero-order valence-corrected chi connectivity index (χ0v) is 9.59. The van der Waals surface area contributed by atoms with Gasteiger partial charge in [0, 0.05) is 24.5 Å². The van der Waals surface area contributed by atoms with Crippen molar-refractivity contribution in [3.8, 4) is 0 Å². The van der Waals surface area contributed by atoms with Gasteiger partial charge in [0.25, 0.3) is 0 Å². The van der Waals surface area contributed by atoms with E-state index in [9.17, 15) is 0 Å². The summed E-state index contributed by atoms with van der Waals surface area (Å²) >= 11 is 6.04. The molecular formula is C11H16ClN3. The van der Waals surface area contributed by atoms with E-state index in [4.69, 9.17) is 22.7 Å². The molecule has 15 heavy (non-hydrogen) atoms. The van der Waals surface area contributed by atoms with Crippen molar-refractivity contribution in [1.82, 2.24) is 4.90 Å². The second-order valence-electron chi connectivity index (χ2n) is 3.60. The Balaban J connectivity index is 2.47. The minimum absolute atomic E-state index is 0.223. The van der Waals surface area contributed by atoms with Crippen molar-refractivity contribution >= 4 is 17.4 Å². The van der Waals surface area contributed by atoms with E-state index < -0.39 is 0 Å². The molecule has 0 atom stereocenters. The van der Waals surface area contributed by atoms with Gasteiger partial charge in [0.15, 0.2) is 0 Å². The van der Waals surface area contributed by atoms with Gasteiger partial charge in [-0.2, -0.15) is 0 Å². The van der Waals surface area contributed by atoms with Crippen molar-refractivity contribution in [2.24, 2.45) is 5.73 Å². The van der Waals surface area contributed by atoms with Crippen molar-refractivity contribution in [3.63, 3.8) is 0 Å². The molecule has 1 aromatic carbocycles. The number of benzene rings is 1. The Labute approximate surface area is 95.3 Å². The topological polar surface area (TPSA) is 53.1 Å². The van der Waals surface area contributed by atoms with E-state index in [2.05, 4.69) is 4.90 Å². The summed E-state index contributed by atoms with van der Waals surface area (Å²) in [6.45, 7) is 1.56. The first-order valence-electron chi connectivity index (χ1n) is 4.84. The fourth-order valence-corrected chi connectivity index (χ4v) is 1.50. The molecule has 0 aliphatic heterocycles. The Morgan fingerprint density at radius 2 is 2.13 bits per heavy atom. The third-order valence-electron chi connectivity index (χ3n) is 2.16. The maximum atomic E-state index is 7.13. The molecule has 4 heteroatoms. The lowest BCUT2D eigenvalue weighted by atomic mass is 10.2. The first-order chi connectivity index (χ1) is 7.09. The van der Waals surface area contributed by atoms with E-state index in [0.29, 0.717) is 6.42 Å². The Hall–Kier alpha value is -1.06. The third-order valence-corrected chi connectivity index (χ3v) is 2.53. The summed E-state index contributed by atoms with van der Waals surface area (Å²) in [6.07, 6.45) is 0.598. The standard InChI is InChI=1S/C11H16ClN3/c1-15(7-6-11(13)14)8-9-4-2-3-5-10(9)12/h2-5H,6-8H2,1H3,(H3,13,14). The summed E-state index contributed by atoms with van der Waals surface area (Å²) < 4.78 is 0. The van der Waals surface area contributed by atoms with Crippen molar-refractivity contribution in [2.75, 3.05) is 13.6 Å². The van der Waals surface area contributed by atoms with Gasteiger partial charge in [-0.25, -0.2) is 0 Å². The number of hydrogen-bond acceptors (Lipinski definition) is 2. The Bertz CT molecular complexity index is 338. The number of rotatable bonds is 5. The predicted octanol–water partition coefficient (Wildman–Crippen LogP) is 2.10. The molecule has 0 saturated heterocycles. The fraction of sp³-hybridized carbons (Fsp3) is 0.364. The van der Waals surface area contributed by atoms with Gasteiger partial charge in [-0.1, -0.05) is 29.8 Å². The summed E-state index contributed by atoms with van der Waals surface area (Å²) in [7, 11) is 1.99. The van der Waals surface area contributed by atoms with Crippen LogP contribution in [0.4, 0.5) is 0 Å². The molecule has 1 rings (SSSR count). The van der Waals surface area contributed by atoms with E-state index in [0.717, 1.165) is 23.7 Å². The monoisotopic (exact) mass is 225 g/mol. The lowest BCUT2D eigenvalue weighted by molar-refractivity contribution is 0.336. The van der Waals surface area contributed by atoms with Crippen LogP contribution in [-0.2, 0) is 6.54 Å². The van der Waals surface area contributed by atoms with Crippen molar-refractivity contribution in [2.45, 2.75) is 13.0 Å². The fourth-order valence-electron chi connectivity index (χ4n) is 1.31. The molecule has 0 aliphatic rings. The highest BCUT2D eigenvalue weighted by Gasteiger charge is 2.03. The lowest BCUT2D eigenvalue weighted by Crippen LogP contribution is -2.23. The molecular weight excluding hydrogens is 210 g/mol. The average molecular weight is 226 g/mol. The minimum Gasteiger partial charge on any atom is -0.388 e. The molecule has 3 N–H and O–H groups in total. The Morgan fingerprint density at radius 1 is 1.47 bits per heavy atom. The maximum Gasteiger partial charge on any atom is 0.0918 e. The zero-order valence-electron chi connectivity index (χ0n) is 8.83. The van der Waals surface area contributed by atoms with E-state index in [-0.39, 0.29) is 5.84 Å². The minimum atomic E-state index is 0.223. The van der Waals surface area contributed by atoms with Crippen LogP contribution in [0, 0.1) is 5.41 Å². The summed E-state index contributed by atoms with van der Waals surface area (Å²) in [6, 6.07) is 7.78.